The normalized spacial score (nSPS) is 21.9. The van der Waals surface area contributed by atoms with Gasteiger partial charge in [-0.1, -0.05) is 6.08 Å². The van der Waals surface area contributed by atoms with Gasteiger partial charge in [-0.3, -0.25) is 0 Å². The Labute approximate surface area is 137 Å². The maximum absolute atomic E-state index is 5.32. The molecule has 23 heavy (non-hydrogen) atoms. The van der Waals surface area contributed by atoms with Crippen molar-refractivity contribution in [3.8, 4) is 5.75 Å². The third-order valence-corrected chi connectivity index (χ3v) is 4.24. The summed E-state index contributed by atoms with van der Waals surface area (Å²) in [6, 6.07) is 8.14. The molecule has 2 aliphatic carbocycles. The van der Waals surface area contributed by atoms with Crippen molar-refractivity contribution in [2.75, 3.05) is 19.1 Å². The van der Waals surface area contributed by atoms with Gasteiger partial charge in [0.1, 0.15) is 11.5 Å². The molecule has 0 N–H and O–H groups in total. The first-order valence-corrected chi connectivity index (χ1v) is 7.67. The predicted molar refractivity (Wildman–Crippen MR) is 93.5 cm³/mol. The lowest BCUT2D eigenvalue weighted by atomic mass is 9.89. The van der Waals surface area contributed by atoms with Crippen LogP contribution in [0, 0.1) is 0 Å². The number of hydrogen-bond acceptors (Lipinski definition) is 3. The standard InChI is InChI=1S/C20H21NO2/c1-20(14-12-19(23-3)13-15-20)21(16-6-4-5-7-16)17-8-10-18(22-2)11-9-17/h4,6-14H,15H2,1-3H3. The molecule has 1 atom stereocenters. The number of rotatable bonds is 5. The number of benzene rings is 1. The molecule has 1 aromatic carbocycles. The van der Waals surface area contributed by atoms with Crippen LogP contribution in [0.25, 0.3) is 0 Å². The monoisotopic (exact) mass is 307 g/mol. The van der Waals surface area contributed by atoms with Crippen LogP contribution < -0.4 is 9.64 Å². The average molecular weight is 307 g/mol. The molecule has 0 fully saturated rings. The third-order valence-electron chi connectivity index (χ3n) is 4.24. The van der Waals surface area contributed by atoms with Gasteiger partial charge in [0.2, 0.25) is 0 Å². The van der Waals surface area contributed by atoms with E-state index in [9.17, 15) is 0 Å². The summed E-state index contributed by atoms with van der Waals surface area (Å²) in [7, 11) is 3.38. The summed E-state index contributed by atoms with van der Waals surface area (Å²) >= 11 is 0. The van der Waals surface area contributed by atoms with Crippen LogP contribution in [0.4, 0.5) is 5.69 Å². The fraction of sp³-hybridized carbons (Fsp3) is 0.250. The lowest BCUT2D eigenvalue weighted by Gasteiger charge is -2.42. The van der Waals surface area contributed by atoms with Crippen molar-refractivity contribution >= 4 is 5.69 Å². The van der Waals surface area contributed by atoms with E-state index in [-0.39, 0.29) is 5.54 Å². The summed E-state index contributed by atoms with van der Waals surface area (Å²) in [5.74, 6) is 1.76. The predicted octanol–water partition coefficient (Wildman–Crippen LogP) is 4.36. The molecule has 0 saturated carbocycles. The highest BCUT2D eigenvalue weighted by Gasteiger charge is 2.32. The molecule has 3 rings (SSSR count). The van der Waals surface area contributed by atoms with Crippen LogP contribution in [0.3, 0.4) is 0 Å². The number of methoxy groups -OCH3 is 2. The number of nitrogens with zero attached hydrogens (tertiary/aromatic N) is 1. The van der Waals surface area contributed by atoms with E-state index in [0.29, 0.717) is 0 Å². The Morgan fingerprint density at radius 2 is 1.91 bits per heavy atom. The van der Waals surface area contributed by atoms with Gasteiger partial charge < -0.3 is 14.4 Å². The highest BCUT2D eigenvalue weighted by molar-refractivity contribution is 5.62. The molecule has 0 heterocycles. The Morgan fingerprint density at radius 3 is 2.43 bits per heavy atom. The zero-order valence-corrected chi connectivity index (χ0v) is 13.7. The van der Waals surface area contributed by atoms with Crippen molar-refractivity contribution in [1.29, 1.82) is 0 Å². The molecule has 1 aromatic rings. The Kier molecular flexibility index (Phi) is 4.14. The zero-order valence-electron chi connectivity index (χ0n) is 13.7. The molecule has 3 nitrogen and oxygen atoms in total. The number of hydrogen-bond donors (Lipinski definition) is 0. The van der Waals surface area contributed by atoms with Crippen LogP contribution in [0.5, 0.6) is 5.75 Å². The topological polar surface area (TPSA) is 21.7 Å². The Morgan fingerprint density at radius 1 is 1.13 bits per heavy atom. The molecule has 0 saturated heterocycles. The van der Waals surface area contributed by atoms with Gasteiger partial charge in [-0.25, -0.2) is 0 Å². The first kappa shape index (κ1) is 15.3. The van der Waals surface area contributed by atoms with Gasteiger partial charge in [-0.15, -0.1) is 5.73 Å². The van der Waals surface area contributed by atoms with E-state index in [0.717, 1.165) is 29.3 Å². The first-order chi connectivity index (χ1) is 11.2. The minimum absolute atomic E-state index is 0.168. The molecular formula is C20H21NO2. The second-order valence-corrected chi connectivity index (χ2v) is 5.81. The molecule has 0 spiro atoms. The van der Waals surface area contributed by atoms with Gasteiger partial charge in [0.25, 0.3) is 0 Å². The lowest BCUT2D eigenvalue weighted by Crippen LogP contribution is -2.44. The summed E-state index contributed by atoms with van der Waals surface area (Å²) in [5.41, 5.74) is 5.22. The molecule has 1 unspecified atom stereocenters. The average Bonchev–Trinajstić information content (AvgIpc) is 3.10. The van der Waals surface area contributed by atoms with Crippen molar-refractivity contribution in [2.24, 2.45) is 0 Å². The van der Waals surface area contributed by atoms with Gasteiger partial charge >= 0.3 is 0 Å². The van der Waals surface area contributed by atoms with E-state index in [1.165, 1.54) is 0 Å². The maximum atomic E-state index is 5.32. The molecule has 3 heteroatoms. The quantitative estimate of drug-likeness (QED) is 0.754. The van der Waals surface area contributed by atoms with E-state index in [2.05, 4.69) is 47.9 Å². The number of anilines is 1. The first-order valence-electron chi connectivity index (χ1n) is 7.67. The van der Waals surface area contributed by atoms with Crippen molar-refractivity contribution in [1.82, 2.24) is 0 Å². The molecule has 0 bridgehead atoms. The Bertz CT molecular complexity index is 733. The fourth-order valence-electron chi connectivity index (χ4n) is 2.95. The summed E-state index contributed by atoms with van der Waals surface area (Å²) < 4.78 is 10.6. The van der Waals surface area contributed by atoms with Gasteiger partial charge in [0.05, 0.1) is 25.5 Å². The zero-order chi connectivity index (χ0) is 16.3. The lowest BCUT2D eigenvalue weighted by molar-refractivity contribution is 0.300. The smallest absolute Gasteiger partial charge is 0.119 e. The van der Waals surface area contributed by atoms with Crippen molar-refractivity contribution in [3.63, 3.8) is 0 Å². The van der Waals surface area contributed by atoms with Crippen molar-refractivity contribution in [2.45, 2.75) is 18.9 Å². The van der Waals surface area contributed by atoms with E-state index < -0.39 is 0 Å². The molecule has 118 valence electrons. The minimum atomic E-state index is -0.168. The van der Waals surface area contributed by atoms with Crippen molar-refractivity contribution < 1.29 is 9.47 Å². The van der Waals surface area contributed by atoms with E-state index in [4.69, 9.17) is 9.47 Å². The molecule has 2 aliphatic rings. The van der Waals surface area contributed by atoms with Crippen LogP contribution in [0.15, 0.2) is 77.9 Å². The second-order valence-electron chi connectivity index (χ2n) is 5.81. The van der Waals surface area contributed by atoms with Crippen LogP contribution in [-0.2, 0) is 4.74 Å². The number of allylic oxidation sites excluding steroid dienone is 3. The van der Waals surface area contributed by atoms with Gasteiger partial charge in [0, 0.05) is 11.8 Å². The van der Waals surface area contributed by atoms with Gasteiger partial charge in [-0.05, 0) is 61.9 Å². The van der Waals surface area contributed by atoms with Crippen LogP contribution >= 0.6 is 0 Å². The largest absolute Gasteiger partial charge is 0.497 e. The van der Waals surface area contributed by atoms with E-state index in [1.54, 1.807) is 14.2 Å². The fourth-order valence-corrected chi connectivity index (χ4v) is 2.95. The summed E-state index contributed by atoms with van der Waals surface area (Å²) in [5, 5.41) is 0. The van der Waals surface area contributed by atoms with E-state index >= 15 is 0 Å². The summed E-state index contributed by atoms with van der Waals surface area (Å²) in [4.78, 5) is 2.32. The van der Waals surface area contributed by atoms with Crippen LogP contribution in [0.1, 0.15) is 13.3 Å². The molecule has 0 radical (unpaired) electrons. The van der Waals surface area contributed by atoms with Crippen LogP contribution in [0.2, 0.25) is 0 Å². The molecule has 0 aromatic heterocycles. The Balaban J connectivity index is 1.98. The minimum Gasteiger partial charge on any atom is -0.497 e. The Hall–Kier alpha value is -2.64. The van der Waals surface area contributed by atoms with Crippen molar-refractivity contribution in [3.05, 3.63) is 77.9 Å². The van der Waals surface area contributed by atoms with Gasteiger partial charge in [-0.2, -0.15) is 0 Å². The highest BCUT2D eigenvalue weighted by Crippen LogP contribution is 2.36. The SMILES string of the molecule is COC1=CCC(C)(N(C2=CC=C=C2)c2ccc(OC)cc2)C=C1. The van der Waals surface area contributed by atoms with E-state index in [1.807, 2.05) is 30.4 Å². The maximum Gasteiger partial charge on any atom is 0.119 e. The molecule has 0 amide bonds. The summed E-state index contributed by atoms with van der Waals surface area (Å²) in [6.45, 7) is 2.23. The molecule has 0 aliphatic heterocycles. The van der Waals surface area contributed by atoms with Gasteiger partial charge in [0.15, 0.2) is 0 Å². The summed E-state index contributed by atoms with van der Waals surface area (Å²) in [6.07, 6.45) is 13.3. The van der Waals surface area contributed by atoms with Crippen LogP contribution in [-0.4, -0.2) is 19.8 Å². The highest BCUT2D eigenvalue weighted by atomic mass is 16.5. The second kappa shape index (κ2) is 6.23. The third kappa shape index (κ3) is 2.96. The molecular weight excluding hydrogens is 286 g/mol. The number of ether oxygens (including phenoxy) is 2.